The molecule has 0 aromatic heterocycles. The summed E-state index contributed by atoms with van der Waals surface area (Å²) in [5.74, 6) is -0.994. The van der Waals surface area contributed by atoms with Crippen LogP contribution in [0.15, 0.2) is 24.3 Å². The van der Waals surface area contributed by atoms with Crippen molar-refractivity contribution in [3.05, 3.63) is 29.8 Å². The van der Waals surface area contributed by atoms with E-state index in [9.17, 15) is 22.8 Å². The number of nitrogens with one attached hydrogen (secondary N) is 1. The minimum Gasteiger partial charge on any atom is -0.376 e. The molecule has 2 unspecified atom stereocenters. The number of alkyl halides is 3. The molecule has 5 nitrogen and oxygen atoms in total. The molecule has 2 heterocycles. The summed E-state index contributed by atoms with van der Waals surface area (Å²) in [7, 11) is 0. The number of hydrogen-bond acceptors (Lipinski definition) is 3. The van der Waals surface area contributed by atoms with Crippen LogP contribution in [0.1, 0.15) is 24.8 Å². The van der Waals surface area contributed by atoms with E-state index in [1.54, 1.807) is 0 Å². The highest BCUT2D eigenvalue weighted by Crippen LogP contribution is 2.32. The molecule has 1 aromatic rings. The fraction of sp³-hybridized carbons (Fsp3) is 0.529. The number of nitrogens with zero attached hydrogens (tertiary/aromatic N) is 1. The van der Waals surface area contributed by atoms with Crippen molar-refractivity contribution >= 4 is 17.5 Å². The SMILES string of the molecule is O=C(NCC1CCCO1)C1CC(=O)N(c2ccc(C(F)(F)F)cc2)C1. The second-order valence-electron chi connectivity index (χ2n) is 6.33. The highest BCUT2D eigenvalue weighted by atomic mass is 19.4. The molecule has 3 rings (SSSR count). The summed E-state index contributed by atoms with van der Waals surface area (Å²) in [4.78, 5) is 25.7. The predicted molar refractivity (Wildman–Crippen MR) is 83.9 cm³/mol. The lowest BCUT2D eigenvalue weighted by molar-refractivity contribution is -0.137. The Morgan fingerprint density at radius 2 is 2.00 bits per heavy atom. The van der Waals surface area contributed by atoms with Gasteiger partial charge in [0.1, 0.15) is 0 Å². The first-order valence-electron chi connectivity index (χ1n) is 8.21. The summed E-state index contributed by atoms with van der Waals surface area (Å²) in [5, 5.41) is 2.80. The van der Waals surface area contributed by atoms with Crippen LogP contribution in [0.25, 0.3) is 0 Å². The topological polar surface area (TPSA) is 58.6 Å². The van der Waals surface area contributed by atoms with Gasteiger partial charge in [0.2, 0.25) is 11.8 Å². The molecule has 8 heteroatoms. The van der Waals surface area contributed by atoms with E-state index >= 15 is 0 Å². The second kappa shape index (κ2) is 7.03. The lowest BCUT2D eigenvalue weighted by atomic mass is 10.1. The third-order valence-corrected chi connectivity index (χ3v) is 4.53. The van der Waals surface area contributed by atoms with Crippen molar-refractivity contribution in [3.8, 4) is 0 Å². The first-order chi connectivity index (χ1) is 11.8. The molecule has 0 saturated carbocycles. The van der Waals surface area contributed by atoms with E-state index in [1.807, 2.05) is 0 Å². The summed E-state index contributed by atoms with van der Waals surface area (Å²) >= 11 is 0. The van der Waals surface area contributed by atoms with Crippen LogP contribution < -0.4 is 10.2 Å². The van der Waals surface area contributed by atoms with Crippen molar-refractivity contribution in [2.45, 2.75) is 31.5 Å². The average molecular weight is 356 g/mol. The lowest BCUT2D eigenvalue weighted by Gasteiger charge is -2.18. The minimum atomic E-state index is -4.42. The number of hydrogen-bond donors (Lipinski definition) is 1. The maximum absolute atomic E-state index is 12.6. The molecule has 0 aliphatic carbocycles. The summed E-state index contributed by atoms with van der Waals surface area (Å²) < 4.78 is 43.3. The molecule has 2 aliphatic heterocycles. The van der Waals surface area contributed by atoms with E-state index < -0.39 is 17.7 Å². The molecule has 0 spiro atoms. The molecule has 2 atom stereocenters. The summed E-state index contributed by atoms with van der Waals surface area (Å²) in [6, 6.07) is 4.39. The van der Waals surface area contributed by atoms with Crippen molar-refractivity contribution in [1.29, 1.82) is 0 Å². The molecule has 2 saturated heterocycles. The third kappa shape index (κ3) is 4.12. The van der Waals surface area contributed by atoms with Crippen LogP contribution in [-0.4, -0.2) is 37.6 Å². The maximum Gasteiger partial charge on any atom is 0.416 e. The van der Waals surface area contributed by atoms with Gasteiger partial charge in [-0.2, -0.15) is 13.2 Å². The molecular weight excluding hydrogens is 337 g/mol. The average Bonchev–Trinajstić information content (AvgIpc) is 3.21. The Bertz CT molecular complexity index is 640. The van der Waals surface area contributed by atoms with Crippen LogP contribution in [-0.2, 0) is 20.5 Å². The van der Waals surface area contributed by atoms with Crippen LogP contribution in [0.4, 0.5) is 18.9 Å². The molecule has 25 heavy (non-hydrogen) atoms. The van der Waals surface area contributed by atoms with Gasteiger partial charge in [-0.3, -0.25) is 9.59 Å². The number of carbonyl (C=O) groups excluding carboxylic acids is 2. The normalized spacial score (nSPS) is 24.0. The van der Waals surface area contributed by atoms with E-state index in [0.717, 1.165) is 25.0 Å². The van der Waals surface area contributed by atoms with Crippen LogP contribution in [0.2, 0.25) is 0 Å². The number of amides is 2. The zero-order chi connectivity index (χ0) is 18.0. The Kier molecular flexibility index (Phi) is 4.99. The standard InChI is InChI=1S/C17H19F3N2O3/c18-17(19,20)12-3-5-13(6-4-12)22-10-11(8-15(22)23)16(24)21-9-14-2-1-7-25-14/h3-6,11,14H,1-2,7-10H2,(H,21,24). The third-order valence-electron chi connectivity index (χ3n) is 4.53. The number of carbonyl (C=O) groups is 2. The second-order valence-corrected chi connectivity index (χ2v) is 6.33. The fourth-order valence-electron chi connectivity index (χ4n) is 3.13. The lowest BCUT2D eigenvalue weighted by Crippen LogP contribution is -2.37. The molecular formula is C17H19F3N2O3. The number of benzene rings is 1. The largest absolute Gasteiger partial charge is 0.416 e. The zero-order valence-electron chi connectivity index (χ0n) is 13.5. The van der Waals surface area contributed by atoms with Gasteiger partial charge in [0.25, 0.3) is 0 Å². The van der Waals surface area contributed by atoms with E-state index in [2.05, 4.69) is 5.32 Å². The van der Waals surface area contributed by atoms with E-state index in [-0.39, 0.29) is 30.9 Å². The van der Waals surface area contributed by atoms with Crippen LogP contribution in [0, 0.1) is 5.92 Å². The minimum absolute atomic E-state index is 0.0204. The maximum atomic E-state index is 12.6. The first kappa shape index (κ1) is 17.7. The molecule has 2 aliphatic rings. The summed E-state index contributed by atoms with van der Waals surface area (Å²) in [6.07, 6.45) is -2.46. The number of ether oxygens (including phenoxy) is 1. The fourth-order valence-corrected chi connectivity index (χ4v) is 3.13. The number of anilines is 1. The molecule has 2 fully saturated rings. The Labute approximate surface area is 143 Å². The highest BCUT2D eigenvalue weighted by molar-refractivity contribution is 6.00. The Morgan fingerprint density at radius 3 is 2.60 bits per heavy atom. The highest BCUT2D eigenvalue weighted by Gasteiger charge is 2.36. The number of rotatable bonds is 4. The van der Waals surface area contributed by atoms with Crippen molar-refractivity contribution in [2.75, 3.05) is 24.6 Å². The molecule has 1 N–H and O–H groups in total. The van der Waals surface area contributed by atoms with Gasteiger partial charge in [-0.1, -0.05) is 0 Å². The number of halogens is 3. The van der Waals surface area contributed by atoms with Gasteiger partial charge in [-0.25, -0.2) is 0 Å². The summed E-state index contributed by atoms with van der Waals surface area (Å²) in [5.41, 5.74) is -0.402. The predicted octanol–water partition coefficient (Wildman–Crippen LogP) is 2.35. The van der Waals surface area contributed by atoms with Gasteiger partial charge in [-0.15, -0.1) is 0 Å². The summed E-state index contributed by atoms with van der Waals surface area (Å²) in [6.45, 7) is 1.29. The van der Waals surface area contributed by atoms with Gasteiger partial charge in [0.15, 0.2) is 0 Å². The monoisotopic (exact) mass is 356 g/mol. The molecule has 136 valence electrons. The molecule has 0 bridgehead atoms. The van der Waals surface area contributed by atoms with Crippen molar-refractivity contribution in [3.63, 3.8) is 0 Å². The van der Waals surface area contributed by atoms with Crippen molar-refractivity contribution in [2.24, 2.45) is 5.92 Å². The van der Waals surface area contributed by atoms with Crippen LogP contribution in [0.5, 0.6) is 0 Å². The van der Waals surface area contributed by atoms with E-state index in [1.165, 1.54) is 17.0 Å². The first-order valence-corrected chi connectivity index (χ1v) is 8.21. The molecule has 2 amide bonds. The van der Waals surface area contributed by atoms with Gasteiger partial charge in [-0.05, 0) is 37.1 Å². The van der Waals surface area contributed by atoms with Gasteiger partial charge >= 0.3 is 6.18 Å². The Balaban J connectivity index is 1.59. The molecule has 1 aromatic carbocycles. The smallest absolute Gasteiger partial charge is 0.376 e. The van der Waals surface area contributed by atoms with Crippen molar-refractivity contribution < 1.29 is 27.5 Å². The Hall–Kier alpha value is -2.09. The molecule has 0 radical (unpaired) electrons. The zero-order valence-corrected chi connectivity index (χ0v) is 13.5. The van der Waals surface area contributed by atoms with Gasteiger partial charge < -0.3 is 15.0 Å². The van der Waals surface area contributed by atoms with Gasteiger partial charge in [0.05, 0.1) is 17.6 Å². The van der Waals surface area contributed by atoms with E-state index in [4.69, 9.17) is 4.74 Å². The quantitative estimate of drug-likeness (QED) is 0.901. The van der Waals surface area contributed by atoms with E-state index in [0.29, 0.717) is 18.8 Å². The van der Waals surface area contributed by atoms with Gasteiger partial charge in [0, 0.05) is 31.8 Å². The van der Waals surface area contributed by atoms with Crippen LogP contribution in [0.3, 0.4) is 0 Å². The van der Waals surface area contributed by atoms with Crippen molar-refractivity contribution in [1.82, 2.24) is 5.32 Å². The van der Waals surface area contributed by atoms with Crippen LogP contribution >= 0.6 is 0 Å². The Morgan fingerprint density at radius 1 is 1.28 bits per heavy atom.